The van der Waals surface area contributed by atoms with Gasteiger partial charge in [0.05, 0.1) is 19.3 Å². The molecule has 3 aromatic carbocycles. The van der Waals surface area contributed by atoms with Crippen molar-refractivity contribution in [1.82, 2.24) is 9.78 Å². The van der Waals surface area contributed by atoms with Gasteiger partial charge < -0.3 is 20.1 Å². The molecule has 4 rings (SSSR count). The predicted molar refractivity (Wildman–Crippen MR) is 134 cm³/mol. The van der Waals surface area contributed by atoms with Gasteiger partial charge in [0, 0.05) is 18.8 Å². The molecule has 0 saturated heterocycles. The van der Waals surface area contributed by atoms with E-state index in [4.69, 9.17) is 9.47 Å². The van der Waals surface area contributed by atoms with Gasteiger partial charge in [-0.1, -0.05) is 24.3 Å². The van der Waals surface area contributed by atoms with Crippen molar-refractivity contribution in [3.8, 4) is 11.6 Å². The quantitative estimate of drug-likeness (QED) is 0.333. The second-order valence-electron chi connectivity index (χ2n) is 8.14. The Hall–Kier alpha value is -4.73. The SMILES string of the molecule is COc1ccc(NC(C)=O)cc1NC(=O)c1cn(Cc2ccc(F)cc2)nc1OCc1ccc(F)cc1. The number of rotatable bonds is 9. The fourth-order valence-electron chi connectivity index (χ4n) is 3.53. The fraction of sp³-hybridized carbons (Fsp3) is 0.148. The summed E-state index contributed by atoms with van der Waals surface area (Å²) in [6.07, 6.45) is 1.52. The summed E-state index contributed by atoms with van der Waals surface area (Å²) in [6.45, 7) is 1.69. The minimum Gasteiger partial charge on any atom is -0.495 e. The van der Waals surface area contributed by atoms with Gasteiger partial charge in [0.15, 0.2) is 0 Å². The molecule has 4 aromatic rings. The Bertz CT molecular complexity index is 1400. The number of anilines is 2. The van der Waals surface area contributed by atoms with Crippen LogP contribution in [0.5, 0.6) is 11.6 Å². The zero-order chi connectivity index (χ0) is 26.4. The Balaban J connectivity index is 1.61. The van der Waals surface area contributed by atoms with Gasteiger partial charge in [-0.15, -0.1) is 5.10 Å². The molecule has 0 aliphatic carbocycles. The Morgan fingerprint density at radius 1 is 0.919 bits per heavy atom. The highest BCUT2D eigenvalue weighted by Crippen LogP contribution is 2.29. The minimum atomic E-state index is -0.530. The van der Waals surface area contributed by atoms with Crippen LogP contribution in [0.15, 0.2) is 72.9 Å². The van der Waals surface area contributed by atoms with Gasteiger partial charge in [0.2, 0.25) is 11.8 Å². The highest BCUT2D eigenvalue weighted by molar-refractivity contribution is 6.07. The molecule has 0 aliphatic heterocycles. The van der Waals surface area contributed by atoms with Crippen molar-refractivity contribution in [2.75, 3.05) is 17.7 Å². The first kappa shape index (κ1) is 25.4. The summed E-state index contributed by atoms with van der Waals surface area (Å²) in [5.41, 5.74) is 2.39. The first-order valence-electron chi connectivity index (χ1n) is 11.3. The molecule has 190 valence electrons. The average Bonchev–Trinajstić information content (AvgIpc) is 3.27. The number of aromatic nitrogens is 2. The second kappa shape index (κ2) is 11.3. The highest BCUT2D eigenvalue weighted by Gasteiger charge is 2.20. The van der Waals surface area contributed by atoms with E-state index in [0.29, 0.717) is 22.7 Å². The summed E-state index contributed by atoms with van der Waals surface area (Å²) in [7, 11) is 1.46. The molecular weight excluding hydrogens is 482 g/mol. The molecule has 0 spiro atoms. The summed E-state index contributed by atoms with van der Waals surface area (Å²) in [4.78, 5) is 24.8. The lowest BCUT2D eigenvalue weighted by Crippen LogP contribution is -2.14. The van der Waals surface area contributed by atoms with Crippen LogP contribution in [-0.4, -0.2) is 28.7 Å². The molecule has 0 bridgehead atoms. The molecule has 2 N–H and O–H groups in total. The van der Waals surface area contributed by atoms with Crippen LogP contribution >= 0.6 is 0 Å². The molecule has 0 radical (unpaired) electrons. The molecule has 2 amide bonds. The van der Waals surface area contributed by atoms with Crippen molar-refractivity contribution in [2.24, 2.45) is 0 Å². The van der Waals surface area contributed by atoms with Crippen LogP contribution < -0.4 is 20.1 Å². The van der Waals surface area contributed by atoms with Crippen molar-refractivity contribution in [3.05, 3.63) is 101 Å². The Labute approximate surface area is 211 Å². The lowest BCUT2D eigenvalue weighted by molar-refractivity contribution is -0.114. The molecule has 0 fully saturated rings. The average molecular weight is 507 g/mol. The van der Waals surface area contributed by atoms with Crippen LogP contribution in [0.1, 0.15) is 28.4 Å². The van der Waals surface area contributed by atoms with E-state index in [9.17, 15) is 18.4 Å². The van der Waals surface area contributed by atoms with Crippen LogP contribution in [-0.2, 0) is 17.9 Å². The number of hydrogen-bond donors (Lipinski definition) is 2. The number of nitrogens with zero attached hydrogens (tertiary/aromatic N) is 2. The maximum atomic E-state index is 13.3. The van der Waals surface area contributed by atoms with E-state index in [1.807, 2.05) is 0 Å². The van der Waals surface area contributed by atoms with E-state index < -0.39 is 5.91 Å². The third-order valence-electron chi connectivity index (χ3n) is 5.29. The third-order valence-corrected chi connectivity index (χ3v) is 5.29. The van der Waals surface area contributed by atoms with E-state index in [-0.39, 0.29) is 42.1 Å². The number of benzene rings is 3. The van der Waals surface area contributed by atoms with E-state index in [0.717, 1.165) is 5.56 Å². The summed E-state index contributed by atoms with van der Waals surface area (Å²) in [5.74, 6) is -1.08. The first-order chi connectivity index (χ1) is 17.8. The first-order valence-corrected chi connectivity index (χ1v) is 11.3. The predicted octanol–water partition coefficient (Wildman–Crippen LogP) is 5.01. The molecule has 1 aromatic heterocycles. The van der Waals surface area contributed by atoms with Crippen molar-refractivity contribution < 1.29 is 27.8 Å². The number of carbonyl (C=O) groups excluding carboxylic acids is 2. The van der Waals surface area contributed by atoms with Gasteiger partial charge in [-0.25, -0.2) is 8.78 Å². The summed E-state index contributed by atoms with van der Waals surface area (Å²) < 4.78 is 39.2. The van der Waals surface area contributed by atoms with Crippen LogP contribution in [0.3, 0.4) is 0 Å². The van der Waals surface area contributed by atoms with E-state index in [1.165, 1.54) is 49.2 Å². The molecule has 0 atom stereocenters. The fourth-order valence-corrected chi connectivity index (χ4v) is 3.53. The van der Waals surface area contributed by atoms with Gasteiger partial charge in [-0.05, 0) is 53.6 Å². The number of amides is 2. The highest BCUT2D eigenvalue weighted by atomic mass is 19.1. The molecule has 0 unspecified atom stereocenters. The van der Waals surface area contributed by atoms with Gasteiger partial charge in [0.25, 0.3) is 5.91 Å². The number of halogens is 2. The number of carbonyl (C=O) groups is 2. The number of hydrogen-bond acceptors (Lipinski definition) is 5. The van der Waals surface area contributed by atoms with Crippen molar-refractivity contribution in [2.45, 2.75) is 20.1 Å². The number of nitrogens with one attached hydrogen (secondary N) is 2. The van der Waals surface area contributed by atoms with Gasteiger partial charge in [-0.3, -0.25) is 14.3 Å². The minimum absolute atomic E-state index is 0.0511. The molecular formula is C27H24F2N4O4. The van der Waals surface area contributed by atoms with Gasteiger partial charge in [0.1, 0.15) is 29.6 Å². The molecule has 10 heteroatoms. The second-order valence-corrected chi connectivity index (χ2v) is 8.14. The number of methoxy groups -OCH3 is 1. The van der Waals surface area contributed by atoms with Crippen LogP contribution in [0, 0.1) is 11.6 Å². The third kappa shape index (κ3) is 6.69. The summed E-state index contributed by atoms with van der Waals surface area (Å²) in [6, 6.07) is 16.5. The summed E-state index contributed by atoms with van der Waals surface area (Å²) >= 11 is 0. The topological polar surface area (TPSA) is 94.5 Å². The van der Waals surface area contributed by atoms with Crippen LogP contribution in [0.2, 0.25) is 0 Å². The normalized spacial score (nSPS) is 10.6. The van der Waals surface area contributed by atoms with Crippen molar-refractivity contribution in [3.63, 3.8) is 0 Å². The van der Waals surface area contributed by atoms with Crippen LogP contribution in [0.4, 0.5) is 20.2 Å². The Morgan fingerprint density at radius 2 is 1.57 bits per heavy atom. The Morgan fingerprint density at radius 3 is 2.19 bits per heavy atom. The lowest BCUT2D eigenvalue weighted by atomic mass is 10.2. The maximum Gasteiger partial charge on any atom is 0.262 e. The van der Waals surface area contributed by atoms with Gasteiger partial charge in [-0.2, -0.15) is 0 Å². The van der Waals surface area contributed by atoms with Gasteiger partial charge >= 0.3 is 0 Å². The van der Waals surface area contributed by atoms with E-state index >= 15 is 0 Å². The smallest absolute Gasteiger partial charge is 0.262 e. The standard InChI is InChI=1S/C27H24F2N4O4/c1-17(34)30-22-11-12-25(36-2)24(13-22)31-26(35)23-15-33(14-18-3-7-20(28)8-4-18)32-27(23)37-16-19-5-9-21(29)10-6-19/h3-13,15H,14,16H2,1-2H3,(H,30,34)(H,31,35). The van der Waals surface area contributed by atoms with Crippen molar-refractivity contribution in [1.29, 1.82) is 0 Å². The molecule has 37 heavy (non-hydrogen) atoms. The molecule has 8 nitrogen and oxygen atoms in total. The lowest BCUT2D eigenvalue weighted by Gasteiger charge is -2.12. The molecule has 0 saturated carbocycles. The number of ether oxygens (including phenoxy) is 2. The molecule has 1 heterocycles. The largest absolute Gasteiger partial charge is 0.495 e. The Kier molecular flexibility index (Phi) is 7.77. The van der Waals surface area contributed by atoms with Crippen molar-refractivity contribution >= 4 is 23.2 Å². The molecule has 0 aliphatic rings. The van der Waals surface area contributed by atoms with Crippen LogP contribution in [0.25, 0.3) is 0 Å². The van der Waals surface area contributed by atoms with E-state index in [2.05, 4.69) is 15.7 Å². The maximum absolute atomic E-state index is 13.3. The zero-order valence-corrected chi connectivity index (χ0v) is 20.1. The summed E-state index contributed by atoms with van der Waals surface area (Å²) in [5, 5.41) is 9.83. The monoisotopic (exact) mass is 506 g/mol. The van der Waals surface area contributed by atoms with E-state index in [1.54, 1.807) is 42.5 Å². The zero-order valence-electron chi connectivity index (χ0n) is 20.1.